The van der Waals surface area contributed by atoms with Gasteiger partial charge in [0.2, 0.25) is 0 Å². The summed E-state index contributed by atoms with van der Waals surface area (Å²) in [6.07, 6.45) is 4.93. The summed E-state index contributed by atoms with van der Waals surface area (Å²) in [6, 6.07) is 5.39. The second-order valence-electron chi connectivity index (χ2n) is 4.14. The monoisotopic (exact) mass is 253 g/mol. The third-order valence-electron chi connectivity index (χ3n) is 3.13. The van der Waals surface area contributed by atoms with Crippen molar-refractivity contribution in [2.45, 2.75) is 6.92 Å². The molecule has 1 aromatic carbocycles. The Morgan fingerprint density at radius 1 is 1.21 bits per heavy atom. The number of fused-ring (bicyclic) bond motifs is 1. The van der Waals surface area contributed by atoms with Crippen molar-refractivity contribution in [1.82, 2.24) is 4.90 Å². The van der Waals surface area contributed by atoms with Gasteiger partial charge in [-0.25, -0.2) is 0 Å². The molecule has 0 aliphatic carbocycles. The fourth-order valence-corrected chi connectivity index (χ4v) is 2.28. The van der Waals surface area contributed by atoms with Crippen LogP contribution in [0.15, 0.2) is 43.5 Å². The van der Waals surface area contributed by atoms with Crippen LogP contribution in [0.5, 0.6) is 0 Å². The lowest BCUT2D eigenvalue weighted by Crippen LogP contribution is -2.49. The van der Waals surface area contributed by atoms with Crippen molar-refractivity contribution in [2.75, 3.05) is 6.54 Å². The van der Waals surface area contributed by atoms with E-state index < -0.39 is 0 Å². The van der Waals surface area contributed by atoms with Crippen LogP contribution >= 0.6 is 0 Å². The van der Waals surface area contributed by atoms with Crippen molar-refractivity contribution >= 4 is 23.5 Å². The van der Waals surface area contributed by atoms with Crippen LogP contribution in [0.25, 0.3) is 11.6 Å². The molecule has 0 N–H and O–H groups in total. The van der Waals surface area contributed by atoms with E-state index in [0.29, 0.717) is 22.9 Å². The van der Waals surface area contributed by atoms with Crippen LogP contribution in [0.4, 0.5) is 0 Å². The second-order valence-corrected chi connectivity index (χ2v) is 4.14. The van der Waals surface area contributed by atoms with E-state index in [0.717, 1.165) is 5.22 Å². The number of hydrogen-bond acceptors (Lipinski definition) is 2. The van der Waals surface area contributed by atoms with Crippen molar-refractivity contribution in [3.8, 4) is 0 Å². The SMILES string of the molecule is C=C/C=c1/cccc2c1=C(C=C)C(=O)N(CC)C2=O. The van der Waals surface area contributed by atoms with E-state index in [2.05, 4.69) is 13.2 Å². The lowest BCUT2D eigenvalue weighted by Gasteiger charge is -2.24. The number of benzene rings is 1. The van der Waals surface area contributed by atoms with Gasteiger partial charge in [-0.15, -0.1) is 0 Å². The number of rotatable bonds is 3. The molecule has 0 fully saturated rings. The zero-order valence-electron chi connectivity index (χ0n) is 10.8. The molecule has 19 heavy (non-hydrogen) atoms. The van der Waals surface area contributed by atoms with Crippen molar-refractivity contribution < 1.29 is 9.59 Å². The molecular formula is C16H15NO2. The highest BCUT2D eigenvalue weighted by Crippen LogP contribution is 2.12. The molecule has 1 aromatic rings. The zero-order valence-corrected chi connectivity index (χ0v) is 10.8. The van der Waals surface area contributed by atoms with Gasteiger partial charge in [-0.05, 0) is 18.2 Å². The van der Waals surface area contributed by atoms with E-state index in [1.54, 1.807) is 31.2 Å². The molecular weight excluding hydrogens is 238 g/mol. The lowest BCUT2D eigenvalue weighted by molar-refractivity contribution is -0.122. The van der Waals surface area contributed by atoms with Crippen LogP contribution < -0.4 is 10.4 Å². The molecule has 0 saturated carbocycles. The number of imide groups is 1. The van der Waals surface area contributed by atoms with Crippen LogP contribution in [-0.4, -0.2) is 23.3 Å². The molecule has 1 aliphatic rings. The molecule has 0 radical (unpaired) electrons. The summed E-state index contributed by atoms with van der Waals surface area (Å²) in [5.41, 5.74) is 0.997. The number of hydrogen-bond donors (Lipinski definition) is 0. The summed E-state index contributed by atoms with van der Waals surface area (Å²) in [7, 11) is 0. The van der Waals surface area contributed by atoms with E-state index in [9.17, 15) is 9.59 Å². The molecule has 0 aromatic heterocycles. The minimum Gasteiger partial charge on any atom is -0.275 e. The Morgan fingerprint density at radius 2 is 1.95 bits per heavy atom. The summed E-state index contributed by atoms with van der Waals surface area (Å²) in [4.78, 5) is 25.8. The van der Waals surface area contributed by atoms with Gasteiger partial charge in [0, 0.05) is 22.9 Å². The Bertz CT molecular complexity index is 698. The Labute approximate surface area is 111 Å². The third-order valence-corrected chi connectivity index (χ3v) is 3.13. The van der Waals surface area contributed by atoms with Gasteiger partial charge in [0.15, 0.2) is 0 Å². The Morgan fingerprint density at radius 3 is 2.53 bits per heavy atom. The maximum atomic E-state index is 12.3. The molecule has 96 valence electrons. The Hall–Kier alpha value is -2.42. The number of allylic oxidation sites excluding steroid dienone is 1. The van der Waals surface area contributed by atoms with E-state index >= 15 is 0 Å². The molecule has 1 heterocycles. The first kappa shape index (κ1) is 13.0. The van der Waals surface area contributed by atoms with E-state index in [1.807, 2.05) is 6.07 Å². The van der Waals surface area contributed by atoms with Gasteiger partial charge in [-0.2, -0.15) is 0 Å². The number of amides is 2. The van der Waals surface area contributed by atoms with Gasteiger partial charge < -0.3 is 0 Å². The summed E-state index contributed by atoms with van der Waals surface area (Å²) < 4.78 is 0. The summed E-state index contributed by atoms with van der Waals surface area (Å²) in [6.45, 7) is 9.48. The molecule has 0 bridgehead atoms. The standard InChI is InChI=1S/C16H15NO2/c1-4-8-11-9-7-10-13-14(11)12(5-2)15(18)17(6-3)16(13)19/h4-5,7-10H,1-2,6H2,3H3/b11-8-. The highest BCUT2D eigenvalue weighted by molar-refractivity contribution is 6.26. The molecule has 3 nitrogen and oxygen atoms in total. The molecule has 3 heteroatoms. The van der Waals surface area contributed by atoms with Crippen molar-refractivity contribution in [3.05, 3.63) is 59.5 Å². The molecule has 1 aliphatic heterocycles. The van der Waals surface area contributed by atoms with Crippen LogP contribution in [0.1, 0.15) is 17.3 Å². The summed E-state index contributed by atoms with van der Waals surface area (Å²) >= 11 is 0. The molecule has 0 atom stereocenters. The smallest absolute Gasteiger partial charge is 0.261 e. The third kappa shape index (κ3) is 1.93. The molecule has 0 saturated heterocycles. The average molecular weight is 253 g/mol. The molecule has 0 spiro atoms. The highest BCUT2D eigenvalue weighted by atomic mass is 16.2. The Kier molecular flexibility index (Phi) is 3.47. The minimum atomic E-state index is -0.292. The van der Waals surface area contributed by atoms with Crippen LogP contribution in [0.3, 0.4) is 0 Å². The predicted octanol–water partition coefficient (Wildman–Crippen LogP) is 0.992. The van der Waals surface area contributed by atoms with Crippen LogP contribution in [-0.2, 0) is 4.79 Å². The van der Waals surface area contributed by atoms with Gasteiger partial charge in [-0.3, -0.25) is 14.5 Å². The van der Waals surface area contributed by atoms with Crippen molar-refractivity contribution in [1.29, 1.82) is 0 Å². The molecule has 2 amide bonds. The number of carbonyl (C=O) groups is 2. The van der Waals surface area contributed by atoms with E-state index in [1.165, 1.54) is 11.0 Å². The van der Waals surface area contributed by atoms with E-state index in [-0.39, 0.29) is 11.8 Å². The van der Waals surface area contributed by atoms with Crippen molar-refractivity contribution in [3.63, 3.8) is 0 Å². The maximum absolute atomic E-state index is 12.3. The number of carbonyl (C=O) groups excluding carboxylic acids is 2. The maximum Gasteiger partial charge on any atom is 0.261 e. The highest BCUT2D eigenvalue weighted by Gasteiger charge is 2.29. The zero-order chi connectivity index (χ0) is 14.0. The first-order valence-electron chi connectivity index (χ1n) is 6.10. The fourth-order valence-electron chi connectivity index (χ4n) is 2.28. The van der Waals surface area contributed by atoms with Gasteiger partial charge >= 0.3 is 0 Å². The van der Waals surface area contributed by atoms with Gasteiger partial charge in [0.25, 0.3) is 11.8 Å². The normalized spacial score (nSPS) is 15.5. The molecule has 0 unspecified atom stereocenters. The van der Waals surface area contributed by atoms with Gasteiger partial charge in [-0.1, -0.05) is 43.5 Å². The van der Waals surface area contributed by atoms with E-state index in [4.69, 9.17) is 0 Å². The Balaban J connectivity index is 2.98. The summed E-state index contributed by atoms with van der Waals surface area (Å²) in [5, 5.41) is 1.46. The second kappa shape index (κ2) is 5.06. The largest absolute Gasteiger partial charge is 0.275 e. The average Bonchev–Trinajstić information content (AvgIpc) is 2.41. The first-order chi connectivity index (χ1) is 9.15. The molecule has 2 rings (SSSR count). The quantitative estimate of drug-likeness (QED) is 0.753. The first-order valence-corrected chi connectivity index (χ1v) is 6.10. The van der Waals surface area contributed by atoms with Crippen LogP contribution in [0.2, 0.25) is 0 Å². The lowest BCUT2D eigenvalue weighted by atomic mass is 9.98. The predicted molar refractivity (Wildman–Crippen MR) is 75.7 cm³/mol. The van der Waals surface area contributed by atoms with Gasteiger partial charge in [0.1, 0.15) is 0 Å². The van der Waals surface area contributed by atoms with Gasteiger partial charge in [0.05, 0.1) is 0 Å². The minimum absolute atomic E-state index is 0.257. The topological polar surface area (TPSA) is 37.4 Å². The summed E-state index contributed by atoms with van der Waals surface area (Å²) in [5.74, 6) is -0.549. The fraction of sp³-hybridized carbons (Fsp3) is 0.125. The number of nitrogens with zero attached hydrogens (tertiary/aromatic N) is 1. The van der Waals surface area contributed by atoms with Crippen LogP contribution in [0, 0.1) is 0 Å². The van der Waals surface area contributed by atoms with Crippen molar-refractivity contribution in [2.24, 2.45) is 0 Å².